The second kappa shape index (κ2) is 9.54. The maximum Gasteiger partial charge on any atom is 0.138 e. The van der Waals surface area contributed by atoms with E-state index in [1.807, 2.05) is 24.3 Å². The molecule has 0 aromatic heterocycles. The lowest BCUT2D eigenvalue weighted by Crippen LogP contribution is -2.14. The van der Waals surface area contributed by atoms with Crippen LogP contribution in [-0.2, 0) is 0 Å². The molecule has 148 valence electrons. The van der Waals surface area contributed by atoms with Crippen molar-refractivity contribution in [2.24, 2.45) is 0 Å². The van der Waals surface area contributed by atoms with Gasteiger partial charge >= 0.3 is 0 Å². The zero-order valence-corrected chi connectivity index (χ0v) is 17.2. The van der Waals surface area contributed by atoms with E-state index in [4.69, 9.17) is 0 Å². The fourth-order valence-corrected chi connectivity index (χ4v) is 3.17. The van der Waals surface area contributed by atoms with Gasteiger partial charge in [-0.25, -0.2) is 0 Å². The van der Waals surface area contributed by atoms with Crippen LogP contribution in [0, 0.1) is 0 Å². The molecule has 0 amide bonds. The van der Waals surface area contributed by atoms with Crippen molar-refractivity contribution in [3.63, 3.8) is 0 Å². The molecule has 0 spiro atoms. The lowest BCUT2D eigenvalue weighted by molar-refractivity contribution is 0.476. The molecule has 0 bridgehead atoms. The number of benzene rings is 2. The number of phenolic OH excluding ortho intramolecular Hbond substituents is 2. The molecule has 0 heterocycles. The van der Waals surface area contributed by atoms with E-state index >= 15 is 0 Å². The predicted molar refractivity (Wildman–Crippen MR) is 115 cm³/mol. The lowest BCUT2D eigenvalue weighted by Gasteiger charge is -2.21. The number of aromatic hydroxyl groups is 2. The van der Waals surface area contributed by atoms with E-state index in [9.17, 15) is 10.2 Å². The van der Waals surface area contributed by atoms with Crippen molar-refractivity contribution >= 4 is 11.4 Å². The molecule has 2 aromatic carbocycles. The standard InChI is InChI=1S/C23H34N2O2/c1-6-15(4)24-20-13-17(9-11-22(20)26)19(8-3)18-10-12-23(27)21(14-18)25-16(5)7-2/h9-16,19,24-27H,6-8H2,1-5H3. The SMILES string of the molecule is CCC(C)Nc1cc(C(CC)c2ccc(O)c(NC(C)CC)c2)ccc1O. The molecular formula is C23H34N2O2. The molecular weight excluding hydrogens is 336 g/mol. The van der Waals surface area contributed by atoms with Crippen molar-refractivity contribution in [2.75, 3.05) is 10.6 Å². The van der Waals surface area contributed by atoms with Crippen molar-refractivity contribution in [1.82, 2.24) is 0 Å². The third kappa shape index (κ3) is 5.31. The molecule has 0 aliphatic heterocycles. The minimum absolute atomic E-state index is 0.196. The van der Waals surface area contributed by atoms with Crippen LogP contribution in [0.1, 0.15) is 70.9 Å². The Bertz CT molecular complexity index is 684. The van der Waals surface area contributed by atoms with Crippen LogP contribution in [0.15, 0.2) is 36.4 Å². The van der Waals surface area contributed by atoms with Crippen LogP contribution in [0.2, 0.25) is 0 Å². The van der Waals surface area contributed by atoms with Gasteiger partial charge in [0.1, 0.15) is 11.5 Å². The molecule has 4 N–H and O–H groups in total. The molecule has 0 aliphatic carbocycles. The van der Waals surface area contributed by atoms with E-state index in [1.165, 1.54) is 0 Å². The molecule has 2 atom stereocenters. The summed E-state index contributed by atoms with van der Waals surface area (Å²) in [7, 11) is 0. The summed E-state index contributed by atoms with van der Waals surface area (Å²) in [6, 6.07) is 12.2. The molecule has 2 unspecified atom stereocenters. The van der Waals surface area contributed by atoms with Crippen LogP contribution in [0.4, 0.5) is 11.4 Å². The first-order valence-electron chi connectivity index (χ1n) is 10.1. The summed E-state index contributed by atoms with van der Waals surface area (Å²) in [5.41, 5.74) is 3.86. The summed E-state index contributed by atoms with van der Waals surface area (Å²) in [4.78, 5) is 0. The van der Waals surface area contributed by atoms with E-state index in [0.29, 0.717) is 12.1 Å². The van der Waals surface area contributed by atoms with Gasteiger partial charge in [0.25, 0.3) is 0 Å². The highest BCUT2D eigenvalue weighted by Crippen LogP contribution is 2.36. The zero-order chi connectivity index (χ0) is 20.0. The van der Waals surface area contributed by atoms with Gasteiger partial charge in [-0.15, -0.1) is 0 Å². The lowest BCUT2D eigenvalue weighted by atomic mass is 9.88. The Hall–Kier alpha value is -2.36. The number of anilines is 2. The molecule has 0 radical (unpaired) electrons. The van der Waals surface area contributed by atoms with Gasteiger partial charge in [0.05, 0.1) is 11.4 Å². The zero-order valence-electron chi connectivity index (χ0n) is 17.2. The van der Waals surface area contributed by atoms with Crippen molar-refractivity contribution in [3.05, 3.63) is 47.5 Å². The van der Waals surface area contributed by atoms with E-state index in [0.717, 1.165) is 41.8 Å². The first kappa shape index (κ1) is 20.9. The van der Waals surface area contributed by atoms with E-state index in [2.05, 4.69) is 45.3 Å². The maximum atomic E-state index is 10.2. The largest absolute Gasteiger partial charge is 0.506 e. The maximum absolute atomic E-state index is 10.2. The molecule has 0 saturated carbocycles. The van der Waals surface area contributed by atoms with E-state index in [-0.39, 0.29) is 17.4 Å². The van der Waals surface area contributed by atoms with Gasteiger partial charge < -0.3 is 20.8 Å². The van der Waals surface area contributed by atoms with Crippen molar-refractivity contribution < 1.29 is 10.2 Å². The number of phenols is 2. The van der Waals surface area contributed by atoms with Gasteiger partial charge in [0, 0.05) is 18.0 Å². The fraction of sp³-hybridized carbons (Fsp3) is 0.478. The van der Waals surface area contributed by atoms with Gasteiger partial charge in [-0.3, -0.25) is 0 Å². The van der Waals surface area contributed by atoms with Gasteiger partial charge in [0.2, 0.25) is 0 Å². The molecule has 2 aromatic rings. The van der Waals surface area contributed by atoms with Gasteiger partial charge in [-0.1, -0.05) is 32.9 Å². The Morgan fingerprint density at radius 3 is 1.44 bits per heavy atom. The molecule has 0 aliphatic rings. The van der Waals surface area contributed by atoms with Crippen LogP contribution < -0.4 is 10.6 Å². The summed E-state index contributed by atoms with van der Waals surface area (Å²) in [6.07, 6.45) is 2.91. The predicted octanol–water partition coefficient (Wildman–Crippen LogP) is 6.06. The summed E-state index contributed by atoms with van der Waals surface area (Å²) in [5.74, 6) is 0.749. The van der Waals surface area contributed by atoms with Crippen molar-refractivity contribution in [3.8, 4) is 11.5 Å². The van der Waals surface area contributed by atoms with Gasteiger partial charge in [-0.2, -0.15) is 0 Å². The van der Waals surface area contributed by atoms with Crippen LogP contribution in [0.5, 0.6) is 11.5 Å². The minimum Gasteiger partial charge on any atom is -0.506 e. The Kier molecular flexibility index (Phi) is 7.40. The first-order chi connectivity index (χ1) is 12.9. The molecule has 0 saturated heterocycles. The summed E-state index contributed by atoms with van der Waals surface area (Å²) in [5, 5.41) is 27.2. The molecule has 4 heteroatoms. The molecule has 4 nitrogen and oxygen atoms in total. The number of rotatable bonds is 9. The number of hydrogen-bond acceptors (Lipinski definition) is 4. The highest BCUT2D eigenvalue weighted by Gasteiger charge is 2.17. The Morgan fingerprint density at radius 1 is 0.704 bits per heavy atom. The second-order valence-electron chi connectivity index (χ2n) is 7.42. The monoisotopic (exact) mass is 370 g/mol. The first-order valence-corrected chi connectivity index (χ1v) is 10.1. The van der Waals surface area contributed by atoms with Crippen molar-refractivity contribution in [2.45, 2.75) is 71.9 Å². The Morgan fingerprint density at radius 2 is 1.11 bits per heavy atom. The Labute approximate surface area is 163 Å². The average molecular weight is 371 g/mol. The van der Waals surface area contributed by atoms with Crippen LogP contribution >= 0.6 is 0 Å². The molecule has 0 fully saturated rings. The molecule has 2 rings (SSSR count). The Balaban J connectivity index is 2.36. The van der Waals surface area contributed by atoms with Gasteiger partial charge in [0.15, 0.2) is 0 Å². The fourth-order valence-electron chi connectivity index (χ4n) is 3.17. The normalized spacial score (nSPS) is 14.4. The summed E-state index contributed by atoms with van der Waals surface area (Å²) >= 11 is 0. The van der Waals surface area contributed by atoms with Crippen LogP contribution in [0.25, 0.3) is 0 Å². The minimum atomic E-state index is 0.196. The number of nitrogens with one attached hydrogen (secondary N) is 2. The summed E-state index contributed by atoms with van der Waals surface area (Å²) in [6.45, 7) is 10.6. The van der Waals surface area contributed by atoms with Crippen molar-refractivity contribution in [1.29, 1.82) is 0 Å². The quantitative estimate of drug-likeness (QED) is 0.405. The highest BCUT2D eigenvalue weighted by atomic mass is 16.3. The molecule has 27 heavy (non-hydrogen) atoms. The van der Waals surface area contributed by atoms with E-state index < -0.39 is 0 Å². The van der Waals surface area contributed by atoms with Crippen LogP contribution in [0.3, 0.4) is 0 Å². The van der Waals surface area contributed by atoms with E-state index in [1.54, 1.807) is 12.1 Å². The smallest absolute Gasteiger partial charge is 0.138 e. The third-order valence-corrected chi connectivity index (χ3v) is 5.28. The second-order valence-corrected chi connectivity index (χ2v) is 7.42. The average Bonchev–Trinajstić information content (AvgIpc) is 2.66. The van der Waals surface area contributed by atoms with Gasteiger partial charge in [-0.05, 0) is 68.5 Å². The summed E-state index contributed by atoms with van der Waals surface area (Å²) < 4.78 is 0. The third-order valence-electron chi connectivity index (χ3n) is 5.28. The topological polar surface area (TPSA) is 64.5 Å². The highest BCUT2D eigenvalue weighted by molar-refractivity contribution is 5.61. The number of hydrogen-bond donors (Lipinski definition) is 4. The van der Waals surface area contributed by atoms with Crippen LogP contribution in [-0.4, -0.2) is 22.3 Å².